The fourth-order valence-electron chi connectivity index (χ4n) is 3.64. The number of ether oxygens (including phenoxy) is 4. The Bertz CT molecular complexity index is 688. The van der Waals surface area contributed by atoms with E-state index in [4.69, 9.17) is 18.9 Å². The molecule has 2 fully saturated rings. The molecule has 0 aliphatic carbocycles. The minimum atomic E-state index is 0.353. The summed E-state index contributed by atoms with van der Waals surface area (Å²) in [4.78, 5) is 0. The van der Waals surface area contributed by atoms with Crippen LogP contribution in [-0.4, -0.2) is 51.8 Å². The molecular weight excluding hydrogens is 364 g/mol. The quantitative estimate of drug-likeness (QED) is 0.358. The van der Waals surface area contributed by atoms with Crippen LogP contribution in [0, 0.1) is 0 Å². The first kappa shape index (κ1) is 20.5. The molecule has 156 valence electrons. The van der Waals surface area contributed by atoms with Crippen LogP contribution < -0.4 is 0 Å². The van der Waals surface area contributed by atoms with Crippen molar-refractivity contribution in [3.8, 4) is 0 Å². The Morgan fingerprint density at radius 1 is 0.655 bits per heavy atom. The lowest BCUT2D eigenvalue weighted by atomic mass is 9.93. The minimum Gasteiger partial charge on any atom is -0.379 e. The van der Waals surface area contributed by atoms with Gasteiger partial charge in [-0.25, -0.2) is 0 Å². The average Bonchev–Trinajstić information content (AvgIpc) is 3.65. The molecule has 2 unspecified atom stereocenters. The molecule has 2 saturated heterocycles. The number of hydrogen-bond acceptors (Lipinski definition) is 4. The van der Waals surface area contributed by atoms with Crippen LogP contribution in [0.5, 0.6) is 0 Å². The molecule has 0 spiro atoms. The van der Waals surface area contributed by atoms with Crippen molar-refractivity contribution in [2.45, 2.75) is 44.3 Å². The Hall–Kier alpha value is -1.72. The highest BCUT2D eigenvalue weighted by Crippen LogP contribution is 2.20. The number of aryl methyl sites for hydroxylation is 2. The van der Waals surface area contributed by atoms with Crippen molar-refractivity contribution < 1.29 is 18.9 Å². The van der Waals surface area contributed by atoms with Gasteiger partial charge in [0.1, 0.15) is 12.2 Å². The number of hydrogen-bond donors (Lipinski definition) is 0. The first-order valence-corrected chi connectivity index (χ1v) is 10.9. The van der Waals surface area contributed by atoms with E-state index in [-0.39, 0.29) is 0 Å². The van der Waals surface area contributed by atoms with Gasteiger partial charge in [-0.15, -0.1) is 0 Å². The van der Waals surface area contributed by atoms with Crippen molar-refractivity contribution in [3.63, 3.8) is 0 Å². The van der Waals surface area contributed by atoms with E-state index in [9.17, 15) is 0 Å². The SMILES string of the molecule is c1ccc(Cc2ccccc2CCCOCC2CO2)c(CCCOCC2CO2)c1. The second kappa shape index (κ2) is 10.9. The zero-order valence-electron chi connectivity index (χ0n) is 17.2. The van der Waals surface area contributed by atoms with Gasteiger partial charge in [-0.1, -0.05) is 48.5 Å². The Kier molecular flexibility index (Phi) is 7.71. The molecule has 0 aromatic heterocycles. The molecule has 0 N–H and O–H groups in total. The standard InChI is InChI=1S/C25H32O4/c1-3-9-22(20(7-1)11-5-13-26-16-24-18-28-24)15-23-10-4-2-8-21(23)12-6-14-27-17-25-19-29-25/h1-4,7-10,24-25H,5-6,11-19H2. The number of rotatable bonds is 14. The molecule has 0 radical (unpaired) electrons. The second-order valence-electron chi connectivity index (χ2n) is 7.98. The summed E-state index contributed by atoms with van der Waals surface area (Å²) in [5.41, 5.74) is 5.71. The maximum Gasteiger partial charge on any atom is 0.104 e. The maximum absolute atomic E-state index is 5.69. The lowest BCUT2D eigenvalue weighted by molar-refractivity contribution is 0.114. The predicted octanol–water partition coefficient (Wildman–Crippen LogP) is 3.97. The normalized spacial score (nSPS) is 20.0. The monoisotopic (exact) mass is 396 g/mol. The van der Waals surface area contributed by atoms with E-state index in [0.717, 1.165) is 71.7 Å². The molecule has 2 aliphatic heterocycles. The van der Waals surface area contributed by atoms with Crippen LogP contribution in [0.2, 0.25) is 0 Å². The van der Waals surface area contributed by atoms with E-state index in [1.54, 1.807) is 0 Å². The molecule has 29 heavy (non-hydrogen) atoms. The first-order valence-electron chi connectivity index (χ1n) is 10.9. The van der Waals surface area contributed by atoms with Gasteiger partial charge in [0.15, 0.2) is 0 Å². The van der Waals surface area contributed by atoms with Crippen molar-refractivity contribution in [1.29, 1.82) is 0 Å². The van der Waals surface area contributed by atoms with E-state index in [0.29, 0.717) is 12.2 Å². The van der Waals surface area contributed by atoms with Gasteiger partial charge in [-0.3, -0.25) is 0 Å². The summed E-state index contributed by atoms with van der Waals surface area (Å²) in [7, 11) is 0. The van der Waals surface area contributed by atoms with Gasteiger partial charge in [0.2, 0.25) is 0 Å². The van der Waals surface area contributed by atoms with Gasteiger partial charge in [0.25, 0.3) is 0 Å². The lowest BCUT2D eigenvalue weighted by Crippen LogP contribution is -2.06. The van der Waals surface area contributed by atoms with Crippen molar-refractivity contribution in [3.05, 3.63) is 70.8 Å². The minimum absolute atomic E-state index is 0.353. The first-order chi connectivity index (χ1) is 14.4. The van der Waals surface area contributed by atoms with E-state index >= 15 is 0 Å². The molecule has 4 rings (SSSR count). The molecule has 4 nitrogen and oxygen atoms in total. The third-order valence-corrected chi connectivity index (χ3v) is 5.50. The van der Waals surface area contributed by atoms with Crippen molar-refractivity contribution >= 4 is 0 Å². The smallest absolute Gasteiger partial charge is 0.104 e. The van der Waals surface area contributed by atoms with Crippen LogP contribution in [-0.2, 0) is 38.2 Å². The fourth-order valence-corrected chi connectivity index (χ4v) is 3.64. The molecule has 2 aromatic rings. The Labute approximate surface area is 174 Å². The molecular formula is C25H32O4. The summed E-state index contributed by atoms with van der Waals surface area (Å²) >= 11 is 0. The van der Waals surface area contributed by atoms with Crippen LogP contribution >= 0.6 is 0 Å². The molecule has 0 bridgehead atoms. The molecule has 2 heterocycles. The van der Waals surface area contributed by atoms with Gasteiger partial charge >= 0.3 is 0 Å². The van der Waals surface area contributed by atoms with E-state index in [1.807, 2.05) is 0 Å². The summed E-state index contributed by atoms with van der Waals surface area (Å²) in [5.74, 6) is 0. The van der Waals surface area contributed by atoms with Crippen LogP contribution in [0.25, 0.3) is 0 Å². The summed E-state index contributed by atoms with van der Waals surface area (Å²) in [5, 5.41) is 0. The Morgan fingerprint density at radius 2 is 1.07 bits per heavy atom. The maximum atomic E-state index is 5.69. The zero-order valence-corrected chi connectivity index (χ0v) is 17.2. The van der Waals surface area contributed by atoms with Gasteiger partial charge in [0.05, 0.1) is 26.4 Å². The highest BCUT2D eigenvalue weighted by molar-refractivity contribution is 5.36. The summed E-state index contributed by atoms with van der Waals surface area (Å²) in [6, 6.07) is 17.6. The molecule has 0 amide bonds. The summed E-state index contributed by atoms with van der Waals surface area (Å²) < 4.78 is 21.8. The molecule has 0 saturated carbocycles. The van der Waals surface area contributed by atoms with Gasteiger partial charge < -0.3 is 18.9 Å². The Morgan fingerprint density at radius 3 is 1.48 bits per heavy atom. The largest absolute Gasteiger partial charge is 0.379 e. The molecule has 2 aliphatic rings. The van der Waals surface area contributed by atoms with E-state index < -0.39 is 0 Å². The third-order valence-electron chi connectivity index (χ3n) is 5.50. The molecule has 2 aromatic carbocycles. The topological polar surface area (TPSA) is 43.5 Å². The van der Waals surface area contributed by atoms with Crippen LogP contribution in [0.3, 0.4) is 0 Å². The third kappa shape index (κ3) is 7.23. The fraction of sp³-hybridized carbons (Fsp3) is 0.520. The predicted molar refractivity (Wildman–Crippen MR) is 113 cm³/mol. The zero-order chi connectivity index (χ0) is 19.7. The number of benzene rings is 2. The summed E-state index contributed by atoms with van der Waals surface area (Å²) in [6.45, 7) is 4.82. The molecule has 4 heteroatoms. The van der Waals surface area contributed by atoms with Gasteiger partial charge in [-0.2, -0.15) is 0 Å². The average molecular weight is 397 g/mol. The van der Waals surface area contributed by atoms with Gasteiger partial charge in [-0.05, 0) is 54.4 Å². The van der Waals surface area contributed by atoms with Crippen LogP contribution in [0.1, 0.15) is 35.1 Å². The van der Waals surface area contributed by atoms with E-state index in [2.05, 4.69) is 48.5 Å². The second-order valence-corrected chi connectivity index (χ2v) is 7.98. The highest BCUT2D eigenvalue weighted by atomic mass is 16.6. The van der Waals surface area contributed by atoms with Crippen molar-refractivity contribution in [2.75, 3.05) is 39.6 Å². The molecule has 2 atom stereocenters. The van der Waals surface area contributed by atoms with Gasteiger partial charge in [0, 0.05) is 13.2 Å². The van der Waals surface area contributed by atoms with Crippen LogP contribution in [0.4, 0.5) is 0 Å². The summed E-state index contributed by atoms with van der Waals surface area (Å²) in [6.07, 6.45) is 5.90. The lowest BCUT2D eigenvalue weighted by Gasteiger charge is -2.13. The highest BCUT2D eigenvalue weighted by Gasteiger charge is 2.22. The number of epoxide rings is 2. The van der Waals surface area contributed by atoms with Crippen LogP contribution in [0.15, 0.2) is 48.5 Å². The van der Waals surface area contributed by atoms with Crippen molar-refractivity contribution in [2.24, 2.45) is 0 Å². The van der Waals surface area contributed by atoms with E-state index in [1.165, 1.54) is 22.3 Å². The van der Waals surface area contributed by atoms with Crippen molar-refractivity contribution in [1.82, 2.24) is 0 Å². The Balaban J connectivity index is 1.27.